The second-order valence-corrected chi connectivity index (χ2v) is 5.90. The molecule has 0 saturated heterocycles. The summed E-state index contributed by atoms with van der Waals surface area (Å²) in [6, 6.07) is 3.33. The van der Waals surface area contributed by atoms with Crippen LogP contribution in [0.15, 0.2) is 35.6 Å². The van der Waals surface area contributed by atoms with Gasteiger partial charge >= 0.3 is 0 Å². The molecule has 0 aliphatic heterocycles. The maximum absolute atomic E-state index is 12.4. The molecule has 0 saturated carbocycles. The quantitative estimate of drug-likeness (QED) is 0.577. The van der Waals surface area contributed by atoms with E-state index in [0.717, 1.165) is 0 Å². The first kappa shape index (κ1) is 14.2. The molecule has 2 aromatic rings. The number of sulfonamides is 1. The van der Waals surface area contributed by atoms with Gasteiger partial charge in [-0.2, -0.15) is 0 Å². The van der Waals surface area contributed by atoms with Gasteiger partial charge in [-0.1, -0.05) is 0 Å². The van der Waals surface area contributed by atoms with E-state index >= 15 is 0 Å². The fraction of sp³-hybridized carbons (Fsp3) is 0.167. The van der Waals surface area contributed by atoms with Crippen LogP contribution in [0.5, 0.6) is 0 Å². The van der Waals surface area contributed by atoms with E-state index in [9.17, 15) is 8.42 Å². The Kier molecular flexibility index (Phi) is 3.86. The topological polar surface area (TPSA) is 110 Å². The van der Waals surface area contributed by atoms with E-state index in [1.807, 2.05) is 0 Å². The van der Waals surface area contributed by atoms with E-state index in [1.54, 1.807) is 26.0 Å². The van der Waals surface area contributed by atoms with Gasteiger partial charge in [-0.15, -0.1) is 0 Å². The lowest BCUT2D eigenvalue weighted by Gasteiger charge is -2.13. The van der Waals surface area contributed by atoms with Crippen molar-refractivity contribution in [1.82, 2.24) is 9.97 Å². The maximum Gasteiger partial charge on any atom is 0.263 e. The molecule has 7 nitrogen and oxygen atoms in total. The molecule has 1 aromatic heterocycles. The Bertz CT molecular complexity index is 693. The third kappa shape index (κ3) is 2.86. The maximum atomic E-state index is 12.4. The van der Waals surface area contributed by atoms with Crippen LogP contribution in [-0.4, -0.2) is 18.4 Å². The van der Waals surface area contributed by atoms with E-state index in [-0.39, 0.29) is 10.7 Å². The highest BCUT2D eigenvalue weighted by molar-refractivity contribution is 7.92. The molecule has 0 aliphatic rings. The average Bonchev–Trinajstić information content (AvgIpc) is 2.37. The number of hydrogen-bond donors (Lipinski definition) is 3. The Labute approximate surface area is 117 Å². The molecule has 106 valence electrons. The van der Waals surface area contributed by atoms with Crippen LogP contribution in [0.25, 0.3) is 0 Å². The zero-order valence-electron chi connectivity index (χ0n) is 11.1. The minimum Gasteiger partial charge on any atom is -0.324 e. The summed E-state index contributed by atoms with van der Waals surface area (Å²) in [5.41, 5.74) is 4.33. The SMILES string of the molecule is Cc1cc(NN)cc(C)c1S(=O)(=O)Nc1cnccn1. The molecule has 0 spiro atoms. The van der Waals surface area contributed by atoms with Gasteiger partial charge in [0.1, 0.15) is 0 Å². The number of anilines is 2. The molecule has 8 heteroatoms. The van der Waals surface area contributed by atoms with Gasteiger partial charge in [0.2, 0.25) is 0 Å². The molecule has 0 unspecified atom stereocenters. The van der Waals surface area contributed by atoms with Crippen molar-refractivity contribution < 1.29 is 8.42 Å². The normalized spacial score (nSPS) is 11.2. The van der Waals surface area contributed by atoms with Crippen molar-refractivity contribution in [2.75, 3.05) is 10.1 Å². The molecule has 4 N–H and O–H groups in total. The Morgan fingerprint density at radius 2 is 1.80 bits per heavy atom. The molecule has 1 heterocycles. The number of nitrogens with zero attached hydrogens (tertiary/aromatic N) is 2. The molecule has 0 amide bonds. The first-order chi connectivity index (χ1) is 9.44. The molecule has 1 aromatic carbocycles. The number of hydrogen-bond acceptors (Lipinski definition) is 6. The fourth-order valence-corrected chi connectivity index (χ4v) is 3.45. The summed E-state index contributed by atoms with van der Waals surface area (Å²) in [5.74, 6) is 5.51. The molecular formula is C12H15N5O2S. The molecule has 20 heavy (non-hydrogen) atoms. The van der Waals surface area contributed by atoms with Crippen molar-refractivity contribution in [3.05, 3.63) is 41.9 Å². The van der Waals surface area contributed by atoms with Crippen molar-refractivity contribution in [2.45, 2.75) is 18.7 Å². The largest absolute Gasteiger partial charge is 0.324 e. The van der Waals surface area contributed by atoms with Gasteiger partial charge in [-0.05, 0) is 37.1 Å². The highest BCUT2D eigenvalue weighted by Crippen LogP contribution is 2.25. The first-order valence-electron chi connectivity index (χ1n) is 5.81. The van der Waals surface area contributed by atoms with Crippen LogP contribution in [0.1, 0.15) is 11.1 Å². The Morgan fingerprint density at radius 1 is 1.15 bits per heavy atom. The standard InChI is InChI=1S/C12H15N5O2S/c1-8-5-10(16-13)6-9(2)12(8)20(18,19)17-11-7-14-3-4-15-11/h3-7,16H,13H2,1-2H3,(H,15,17). The summed E-state index contributed by atoms with van der Waals surface area (Å²) in [6.07, 6.45) is 4.23. The zero-order chi connectivity index (χ0) is 14.8. The Morgan fingerprint density at radius 3 is 2.30 bits per heavy atom. The van der Waals surface area contributed by atoms with E-state index in [0.29, 0.717) is 16.8 Å². The third-order valence-electron chi connectivity index (χ3n) is 2.70. The first-order valence-corrected chi connectivity index (χ1v) is 7.29. The number of benzene rings is 1. The van der Waals surface area contributed by atoms with Crippen molar-refractivity contribution in [3.8, 4) is 0 Å². The summed E-state index contributed by atoms with van der Waals surface area (Å²) in [5, 5.41) is 0. The Balaban J connectivity index is 2.45. The van der Waals surface area contributed by atoms with Crippen LogP contribution in [0.2, 0.25) is 0 Å². The van der Waals surface area contributed by atoms with Crippen LogP contribution in [0, 0.1) is 13.8 Å². The number of nitrogen functional groups attached to an aromatic ring is 1. The number of aryl methyl sites for hydroxylation is 2. The number of aromatic nitrogens is 2. The molecule has 0 fully saturated rings. The van der Waals surface area contributed by atoms with Gasteiger partial charge < -0.3 is 5.43 Å². The monoisotopic (exact) mass is 293 g/mol. The predicted octanol–water partition coefficient (Wildman–Crippen LogP) is 1.18. The van der Waals surface area contributed by atoms with Crippen LogP contribution >= 0.6 is 0 Å². The fourth-order valence-electron chi connectivity index (χ4n) is 2.00. The van der Waals surface area contributed by atoms with Gasteiger partial charge in [0.15, 0.2) is 5.82 Å². The number of hydrazine groups is 1. The second kappa shape index (κ2) is 5.43. The van der Waals surface area contributed by atoms with E-state index < -0.39 is 10.0 Å². The number of nitrogens with two attached hydrogens (primary N) is 1. The predicted molar refractivity (Wildman–Crippen MR) is 76.6 cm³/mol. The van der Waals surface area contributed by atoms with Gasteiger partial charge in [0.25, 0.3) is 10.0 Å². The lowest BCUT2D eigenvalue weighted by Crippen LogP contribution is -2.17. The summed E-state index contributed by atoms with van der Waals surface area (Å²) >= 11 is 0. The molecule has 0 radical (unpaired) electrons. The summed E-state index contributed by atoms with van der Waals surface area (Å²) < 4.78 is 27.2. The molecular weight excluding hydrogens is 278 g/mol. The van der Waals surface area contributed by atoms with Crippen molar-refractivity contribution >= 4 is 21.5 Å². The summed E-state index contributed by atoms with van der Waals surface area (Å²) in [4.78, 5) is 7.93. The average molecular weight is 293 g/mol. The van der Waals surface area contributed by atoms with Crippen LogP contribution < -0.4 is 16.0 Å². The highest BCUT2D eigenvalue weighted by Gasteiger charge is 2.20. The second-order valence-electron chi connectivity index (χ2n) is 4.28. The van der Waals surface area contributed by atoms with E-state index in [4.69, 9.17) is 5.84 Å². The summed E-state index contributed by atoms with van der Waals surface area (Å²) in [7, 11) is -3.72. The van der Waals surface area contributed by atoms with Crippen molar-refractivity contribution in [1.29, 1.82) is 0 Å². The highest BCUT2D eigenvalue weighted by atomic mass is 32.2. The van der Waals surface area contributed by atoms with Gasteiger partial charge in [0.05, 0.1) is 11.1 Å². The number of nitrogens with one attached hydrogen (secondary N) is 2. The van der Waals surface area contributed by atoms with Crippen molar-refractivity contribution in [2.24, 2.45) is 5.84 Å². The minimum absolute atomic E-state index is 0.173. The van der Waals surface area contributed by atoms with Gasteiger partial charge in [0, 0.05) is 18.1 Å². The summed E-state index contributed by atoms with van der Waals surface area (Å²) in [6.45, 7) is 3.41. The van der Waals surface area contributed by atoms with Crippen LogP contribution in [-0.2, 0) is 10.0 Å². The molecule has 2 rings (SSSR count). The minimum atomic E-state index is -3.72. The Hall–Kier alpha value is -2.19. The van der Waals surface area contributed by atoms with E-state index in [2.05, 4.69) is 20.1 Å². The lowest BCUT2D eigenvalue weighted by atomic mass is 10.1. The van der Waals surface area contributed by atoms with Gasteiger partial charge in [-0.25, -0.2) is 13.4 Å². The van der Waals surface area contributed by atoms with E-state index in [1.165, 1.54) is 18.6 Å². The smallest absolute Gasteiger partial charge is 0.263 e. The molecule has 0 bridgehead atoms. The zero-order valence-corrected chi connectivity index (χ0v) is 11.9. The molecule has 0 atom stereocenters. The van der Waals surface area contributed by atoms with Crippen LogP contribution in [0.3, 0.4) is 0 Å². The lowest BCUT2D eigenvalue weighted by molar-refractivity contribution is 0.600. The molecule has 0 aliphatic carbocycles. The number of rotatable bonds is 4. The van der Waals surface area contributed by atoms with Crippen LogP contribution in [0.4, 0.5) is 11.5 Å². The van der Waals surface area contributed by atoms with Gasteiger partial charge in [-0.3, -0.25) is 15.5 Å². The van der Waals surface area contributed by atoms with Crippen molar-refractivity contribution in [3.63, 3.8) is 0 Å². The third-order valence-corrected chi connectivity index (χ3v) is 4.36.